The number of hydrogen-bond donors (Lipinski definition) is 2. The summed E-state index contributed by atoms with van der Waals surface area (Å²) in [5.74, 6) is -0.398. The molecule has 0 saturated carbocycles. The standard InChI is InChI=1S/C9H8N4O2S/c1-5-4-16-9(12-5)13-8(15)6-2-11-7(14)3-10-6/h2-4H,1H3,(H,11,14)(H,12,13,15). The van der Waals surface area contributed by atoms with Crippen LogP contribution in [0.1, 0.15) is 16.2 Å². The van der Waals surface area contributed by atoms with Gasteiger partial charge in [0.15, 0.2) is 5.13 Å². The molecule has 2 N–H and O–H groups in total. The number of amides is 1. The first-order chi connectivity index (χ1) is 7.65. The molecule has 0 aliphatic rings. The second-order valence-corrected chi connectivity index (χ2v) is 3.90. The van der Waals surface area contributed by atoms with Crippen LogP contribution in [0.5, 0.6) is 0 Å². The summed E-state index contributed by atoms with van der Waals surface area (Å²) in [5, 5.41) is 4.92. The molecule has 0 aliphatic carbocycles. The lowest BCUT2D eigenvalue weighted by Crippen LogP contribution is -2.16. The van der Waals surface area contributed by atoms with Gasteiger partial charge < -0.3 is 4.98 Å². The highest BCUT2D eigenvalue weighted by Gasteiger charge is 2.09. The number of H-pyrrole nitrogens is 1. The van der Waals surface area contributed by atoms with Crippen molar-refractivity contribution in [3.63, 3.8) is 0 Å². The molecule has 1 amide bonds. The zero-order valence-corrected chi connectivity index (χ0v) is 9.17. The minimum Gasteiger partial charge on any atom is -0.325 e. The number of aromatic nitrogens is 3. The number of hydrogen-bond acceptors (Lipinski definition) is 5. The fourth-order valence-electron chi connectivity index (χ4n) is 1.04. The van der Waals surface area contributed by atoms with Crippen molar-refractivity contribution in [2.45, 2.75) is 6.92 Å². The summed E-state index contributed by atoms with van der Waals surface area (Å²) < 4.78 is 0. The Bertz CT molecular complexity index is 554. The number of carbonyl (C=O) groups is 1. The molecule has 0 fully saturated rings. The van der Waals surface area contributed by atoms with Gasteiger partial charge in [-0.05, 0) is 6.92 Å². The quantitative estimate of drug-likeness (QED) is 0.806. The number of carbonyl (C=O) groups excluding carboxylic acids is 1. The number of aromatic amines is 1. The average molecular weight is 236 g/mol. The summed E-state index contributed by atoms with van der Waals surface area (Å²) in [6, 6.07) is 0. The highest BCUT2D eigenvalue weighted by Crippen LogP contribution is 2.14. The monoisotopic (exact) mass is 236 g/mol. The molecule has 2 heterocycles. The van der Waals surface area contributed by atoms with Gasteiger partial charge in [-0.25, -0.2) is 9.97 Å². The lowest BCUT2D eigenvalue weighted by atomic mass is 10.4. The Morgan fingerprint density at radius 2 is 2.38 bits per heavy atom. The summed E-state index contributed by atoms with van der Waals surface area (Å²) in [6.07, 6.45) is 2.32. The van der Waals surface area contributed by atoms with E-state index >= 15 is 0 Å². The van der Waals surface area contributed by atoms with Crippen molar-refractivity contribution in [3.05, 3.63) is 39.5 Å². The largest absolute Gasteiger partial charge is 0.325 e. The summed E-state index contributed by atoms with van der Waals surface area (Å²) >= 11 is 1.33. The molecule has 0 aromatic carbocycles. The number of nitrogens with one attached hydrogen (secondary N) is 2. The van der Waals surface area contributed by atoms with E-state index in [9.17, 15) is 9.59 Å². The van der Waals surface area contributed by atoms with Gasteiger partial charge in [0.1, 0.15) is 5.69 Å². The van der Waals surface area contributed by atoms with Gasteiger partial charge in [0, 0.05) is 11.6 Å². The molecule has 16 heavy (non-hydrogen) atoms. The Morgan fingerprint density at radius 3 is 2.94 bits per heavy atom. The number of anilines is 1. The zero-order valence-electron chi connectivity index (χ0n) is 8.35. The van der Waals surface area contributed by atoms with E-state index in [1.807, 2.05) is 12.3 Å². The summed E-state index contributed by atoms with van der Waals surface area (Å²) in [5.41, 5.74) is 0.642. The Hall–Kier alpha value is -2.02. The number of thiazole rings is 1. The topological polar surface area (TPSA) is 87.7 Å². The van der Waals surface area contributed by atoms with Crippen molar-refractivity contribution >= 4 is 22.4 Å². The van der Waals surface area contributed by atoms with Crippen LogP contribution in [0.3, 0.4) is 0 Å². The fraction of sp³-hybridized carbons (Fsp3) is 0.111. The highest BCUT2D eigenvalue weighted by atomic mass is 32.1. The van der Waals surface area contributed by atoms with E-state index in [4.69, 9.17) is 0 Å². The van der Waals surface area contributed by atoms with Gasteiger partial charge in [-0.2, -0.15) is 0 Å². The van der Waals surface area contributed by atoms with Crippen LogP contribution in [-0.2, 0) is 0 Å². The lowest BCUT2D eigenvalue weighted by molar-refractivity contribution is 0.102. The number of aryl methyl sites for hydroxylation is 1. The van der Waals surface area contributed by atoms with Crippen LogP contribution in [0.25, 0.3) is 0 Å². The third-order valence-corrected chi connectivity index (χ3v) is 2.62. The van der Waals surface area contributed by atoms with Gasteiger partial charge >= 0.3 is 0 Å². The van der Waals surface area contributed by atoms with E-state index < -0.39 is 5.91 Å². The number of nitrogens with zero attached hydrogens (tertiary/aromatic N) is 2. The van der Waals surface area contributed by atoms with E-state index in [1.165, 1.54) is 17.5 Å². The molecule has 2 aromatic heterocycles. The third-order valence-electron chi connectivity index (χ3n) is 1.74. The highest BCUT2D eigenvalue weighted by molar-refractivity contribution is 7.13. The van der Waals surface area contributed by atoms with Crippen LogP contribution in [0, 0.1) is 6.92 Å². The van der Waals surface area contributed by atoms with Gasteiger partial charge in [0.2, 0.25) is 0 Å². The van der Waals surface area contributed by atoms with Crippen molar-refractivity contribution in [1.82, 2.24) is 15.0 Å². The number of rotatable bonds is 2. The molecule has 0 radical (unpaired) electrons. The van der Waals surface area contributed by atoms with Crippen molar-refractivity contribution in [1.29, 1.82) is 0 Å². The van der Waals surface area contributed by atoms with Crippen LogP contribution in [0.4, 0.5) is 5.13 Å². The smallest absolute Gasteiger partial charge is 0.277 e. The first-order valence-corrected chi connectivity index (χ1v) is 5.31. The van der Waals surface area contributed by atoms with Crippen LogP contribution in [-0.4, -0.2) is 20.9 Å². The Balaban J connectivity index is 2.14. The van der Waals surface area contributed by atoms with Crippen molar-refractivity contribution in [2.24, 2.45) is 0 Å². The van der Waals surface area contributed by atoms with Crippen LogP contribution in [0.2, 0.25) is 0 Å². The Morgan fingerprint density at radius 1 is 1.56 bits per heavy atom. The maximum atomic E-state index is 11.6. The summed E-state index contributed by atoms with van der Waals surface area (Å²) in [4.78, 5) is 32.5. The second-order valence-electron chi connectivity index (χ2n) is 3.04. The predicted molar refractivity (Wildman–Crippen MR) is 59.7 cm³/mol. The van der Waals surface area contributed by atoms with Gasteiger partial charge in [0.05, 0.1) is 11.9 Å². The summed E-state index contributed by atoms with van der Waals surface area (Å²) in [7, 11) is 0. The molecule has 6 nitrogen and oxygen atoms in total. The SMILES string of the molecule is Cc1csc(NC(=O)c2c[nH]c(=O)cn2)n1. The maximum Gasteiger partial charge on any atom is 0.277 e. The van der Waals surface area contributed by atoms with E-state index in [0.717, 1.165) is 11.9 Å². The minimum atomic E-state index is -0.398. The second kappa shape index (κ2) is 4.23. The van der Waals surface area contributed by atoms with Crippen molar-refractivity contribution in [3.8, 4) is 0 Å². The molecule has 0 aliphatic heterocycles. The third kappa shape index (κ3) is 2.31. The van der Waals surface area contributed by atoms with E-state index in [-0.39, 0.29) is 11.3 Å². The van der Waals surface area contributed by atoms with Gasteiger partial charge in [0.25, 0.3) is 11.5 Å². The van der Waals surface area contributed by atoms with E-state index in [1.54, 1.807) is 0 Å². The maximum absolute atomic E-state index is 11.6. The van der Waals surface area contributed by atoms with Gasteiger partial charge in [-0.1, -0.05) is 0 Å². The van der Waals surface area contributed by atoms with Crippen molar-refractivity contribution < 1.29 is 4.79 Å². The Labute approximate surface area is 94.4 Å². The van der Waals surface area contributed by atoms with E-state index in [0.29, 0.717) is 5.13 Å². The molecule has 7 heteroatoms. The van der Waals surface area contributed by atoms with E-state index in [2.05, 4.69) is 20.3 Å². The molecule has 0 unspecified atom stereocenters. The molecule has 0 spiro atoms. The van der Waals surface area contributed by atoms with Crippen molar-refractivity contribution in [2.75, 3.05) is 5.32 Å². The van der Waals surface area contributed by atoms with Crippen LogP contribution >= 0.6 is 11.3 Å². The summed E-state index contributed by atoms with van der Waals surface area (Å²) in [6.45, 7) is 1.84. The zero-order chi connectivity index (χ0) is 11.5. The fourth-order valence-corrected chi connectivity index (χ4v) is 1.72. The molecule has 2 rings (SSSR count). The first-order valence-electron chi connectivity index (χ1n) is 4.43. The molecular formula is C9H8N4O2S. The normalized spacial score (nSPS) is 10.1. The molecular weight excluding hydrogens is 228 g/mol. The molecule has 0 bridgehead atoms. The van der Waals surface area contributed by atoms with Gasteiger partial charge in [-0.3, -0.25) is 14.9 Å². The molecule has 0 saturated heterocycles. The average Bonchev–Trinajstić information content (AvgIpc) is 2.65. The first kappa shape index (κ1) is 10.5. The van der Waals surface area contributed by atoms with Crippen LogP contribution < -0.4 is 10.9 Å². The van der Waals surface area contributed by atoms with Gasteiger partial charge in [-0.15, -0.1) is 11.3 Å². The Kier molecular flexibility index (Phi) is 2.78. The lowest BCUT2D eigenvalue weighted by Gasteiger charge is -1.99. The predicted octanol–water partition coefficient (Wildman–Crippen LogP) is 0.787. The van der Waals surface area contributed by atoms with Crippen LogP contribution in [0.15, 0.2) is 22.6 Å². The molecule has 0 atom stereocenters. The molecule has 2 aromatic rings. The minimum absolute atomic E-state index is 0.146. The molecule has 82 valence electrons.